The minimum absolute atomic E-state index is 0.148. The number of amides is 2. The van der Waals surface area contributed by atoms with Crippen LogP contribution in [0.15, 0.2) is 65.5 Å². The van der Waals surface area contributed by atoms with Crippen molar-refractivity contribution in [2.24, 2.45) is 0 Å². The van der Waals surface area contributed by atoms with Crippen LogP contribution in [-0.2, 0) is 20.7 Å². The minimum Gasteiger partial charge on any atom is -0.508 e. The summed E-state index contributed by atoms with van der Waals surface area (Å²) in [7, 11) is 0. The number of phenols is 1. The molecule has 2 aromatic heterocycles. The standard InChI is InChI=1S/C33H39N5O5.C2HF3O2/c39-27-9-6-23(7-10-27)20-29(33(41)34-13-14-37-15-18-42-19-16-37)36-32(40)24-8-11-30-28(21-24)35-31(25-12-17-43-22-25)38(30)26-4-2-1-3-5-26;3-2(4,5)1(6)7/h6-12,17,21-22,26,29,39H,1-5,13-16,18-20H2,(H,34,41)(H,36,40);(H,6,7)/t29-;/m0./s1. The summed E-state index contributed by atoms with van der Waals surface area (Å²) in [4.78, 5) is 43.0. The van der Waals surface area contributed by atoms with Crippen molar-refractivity contribution in [2.75, 3.05) is 39.4 Å². The van der Waals surface area contributed by atoms with Crippen molar-refractivity contribution in [1.82, 2.24) is 25.1 Å². The van der Waals surface area contributed by atoms with Gasteiger partial charge in [0.1, 0.15) is 23.9 Å². The lowest BCUT2D eigenvalue weighted by molar-refractivity contribution is -0.192. The van der Waals surface area contributed by atoms with Gasteiger partial charge in [0.2, 0.25) is 5.91 Å². The molecule has 0 spiro atoms. The lowest BCUT2D eigenvalue weighted by Gasteiger charge is -2.27. The molecule has 0 bridgehead atoms. The molecule has 1 saturated carbocycles. The summed E-state index contributed by atoms with van der Waals surface area (Å²) in [6.45, 7) is 4.26. The van der Waals surface area contributed by atoms with E-state index in [0.29, 0.717) is 44.3 Å². The molecular formula is C35H40F3N5O7. The molecule has 2 fully saturated rings. The number of morpholine rings is 1. The number of aliphatic carboxylic acids is 1. The van der Waals surface area contributed by atoms with Crippen molar-refractivity contribution in [3.05, 3.63) is 72.2 Å². The van der Waals surface area contributed by atoms with Crippen LogP contribution in [0.4, 0.5) is 13.2 Å². The fourth-order valence-corrected chi connectivity index (χ4v) is 6.15. The van der Waals surface area contributed by atoms with Crippen LogP contribution in [0.5, 0.6) is 5.75 Å². The van der Waals surface area contributed by atoms with Gasteiger partial charge in [0.25, 0.3) is 5.91 Å². The molecule has 1 saturated heterocycles. The van der Waals surface area contributed by atoms with Gasteiger partial charge < -0.3 is 34.6 Å². The number of carbonyl (C=O) groups is 3. The van der Waals surface area contributed by atoms with Crippen molar-refractivity contribution in [3.63, 3.8) is 0 Å². The Labute approximate surface area is 286 Å². The normalized spacial score (nSPS) is 16.3. The number of carboxylic acid groups (broad SMARTS) is 1. The monoisotopic (exact) mass is 699 g/mol. The zero-order chi connectivity index (χ0) is 35.7. The zero-order valence-electron chi connectivity index (χ0n) is 27.3. The first kappa shape index (κ1) is 36.4. The Bertz CT molecular complexity index is 1730. The number of carboxylic acids is 1. The van der Waals surface area contributed by atoms with E-state index >= 15 is 0 Å². The van der Waals surface area contributed by atoms with E-state index in [0.717, 1.165) is 53.9 Å². The lowest BCUT2D eigenvalue weighted by atomic mass is 9.95. The van der Waals surface area contributed by atoms with E-state index in [2.05, 4.69) is 20.1 Å². The molecule has 2 aliphatic rings. The van der Waals surface area contributed by atoms with Crippen LogP contribution in [0.25, 0.3) is 22.4 Å². The topological polar surface area (TPSA) is 159 Å². The van der Waals surface area contributed by atoms with E-state index in [9.17, 15) is 27.9 Å². The molecule has 1 aliphatic heterocycles. The fraction of sp³-hybridized carbons (Fsp3) is 0.429. The number of aromatic hydroxyl groups is 1. The number of halogens is 3. The molecule has 0 radical (unpaired) electrons. The summed E-state index contributed by atoms with van der Waals surface area (Å²) < 4.78 is 44.8. The first-order chi connectivity index (χ1) is 24.0. The van der Waals surface area contributed by atoms with Crippen molar-refractivity contribution in [3.8, 4) is 17.1 Å². The molecule has 2 aromatic carbocycles. The van der Waals surface area contributed by atoms with Gasteiger partial charge in [-0.25, -0.2) is 9.78 Å². The first-order valence-electron chi connectivity index (χ1n) is 16.5. The molecule has 2 amide bonds. The highest BCUT2D eigenvalue weighted by atomic mass is 19.4. The number of fused-ring (bicyclic) bond motifs is 1. The molecule has 12 nitrogen and oxygen atoms in total. The SMILES string of the molecule is O=C(N[C@@H](Cc1ccc(O)cc1)C(=O)NCCN1CCOCC1)c1ccc2c(c1)nc(-c1ccoc1)n2C1CCCCC1.O=C(O)C(F)(F)F. The van der Waals surface area contributed by atoms with E-state index in [-0.39, 0.29) is 17.6 Å². The average Bonchev–Trinajstić information content (AvgIpc) is 3.78. The summed E-state index contributed by atoms with van der Waals surface area (Å²) in [5.74, 6) is -2.36. The van der Waals surface area contributed by atoms with Crippen molar-refractivity contribution < 1.29 is 46.9 Å². The van der Waals surface area contributed by atoms with Crippen molar-refractivity contribution in [1.29, 1.82) is 0 Å². The van der Waals surface area contributed by atoms with Gasteiger partial charge in [0, 0.05) is 44.2 Å². The Balaban J connectivity index is 0.000000630. The predicted octanol–water partition coefficient (Wildman–Crippen LogP) is 4.93. The molecule has 4 aromatic rings. The van der Waals surface area contributed by atoms with E-state index < -0.39 is 18.2 Å². The van der Waals surface area contributed by atoms with Gasteiger partial charge in [-0.15, -0.1) is 0 Å². The lowest BCUT2D eigenvalue weighted by Crippen LogP contribution is -2.50. The van der Waals surface area contributed by atoms with Gasteiger partial charge in [0.05, 0.1) is 36.1 Å². The molecule has 1 aliphatic carbocycles. The predicted molar refractivity (Wildman–Crippen MR) is 177 cm³/mol. The third kappa shape index (κ3) is 9.63. The Morgan fingerprint density at radius 3 is 2.34 bits per heavy atom. The number of hydrogen-bond donors (Lipinski definition) is 4. The van der Waals surface area contributed by atoms with Gasteiger partial charge in [-0.1, -0.05) is 31.4 Å². The quantitative estimate of drug-likeness (QED) is 0.180. The maximum absolute atomic E-state index is 13.6. The van der Waals surface area contributed by atoms with E-state index in [1.807, 2.05) is 24.3 Å². The van der Waals surface area contributed by atoms with E-state index in [1.165, 1.54) is 19.3 Å². The molecule has 3 heterocycles. The van der Waals surface area contributed by atoms with Gasteiger partial charge in [-0.3, -0.25) is 14.5 Å². The number of carbonyl (C=O) groups excluding carboxylic acids is 2. The molecule has 0 unspecified atom stereocenters. The van der Waals surface area contributed by atoms with E-state index in [1.54, 1.807) is 36.8 Å². The Kier molecular flexibility index (Phi) is 12.1. The second kappa shape index (κ2) is 16.7. The second-order valence-corrected chi connectivity index (χ2v) is 12.3. The van der Waals surface area contributed by atoms with Crippen LogP contribution in [0.2, 0.25) is 0 Å². The van der Waals surface area contributed by atoms with Gasteiger partial charge >= 0.3 is 12.1 Å². The van der Waals surface area contributed by atoms with Crippen LogP contribution in [0.1, 0.15) is 54.1 Å². The third-order valence-electron chi connectivity index (χ3n) is 8.74. The number of nitrogens with zero attached hydrogens (tertiary/aromatic N) is 3. The number of phenolic OH excluding ortho intramolecular Hbond substituents is 1. The van der Waals surface area contributed by atoms with Crippen LogP contribution in [0, 0.1) is 0 Å². The number of hydrogen-bond acceptors (Lipinski definition) is 8. The van der Waals surface area contributed by atoms with Crippen LogP contribution >= 0.6 is 0 Å². The number of nitrogens with one attached hydrogen (secondary N) is 2. The second-order valence-electron chi connectivity index (χ2n) is 12.3. The number of rotatable bonds is 10. The first-order valence-corrected chi connectivity index (χ1v) is 16.5. The summed E-state index contributed by atoms with van der Waals surface area (Å²) in [5.41, 5.74) is 3.91. The minimum atomic E-state index is -5.08. The van der Waals surface area contributed by atoms with Crippen molar-refractivity contribution >= 4 is 28.8 Å². The zero-order valence-corrected chi connectivity index (χ0v) is 27.3. The van der Waals surface area contributed by atoms with Crippen LogP contribution in [-0.4, -0.2) is 94.1 Å². The molecule has 268 valence electrons. The van der Waals surface area contributed by atoms with Crippen LogP contribution < -0.4 is 10.6 Å². The Hall–Kier alpha value is -4.89. The van der Waals surface area contributed by atoms with Gasteiger partial charge in [0.15, 0.2) is 0 Å². The molecular weight excluding hydrogens is 659 g/mol. The maximum Gasteiger partial charge on any atom is 0.490 e. The van der Waals surface area contributed by atoms with Gasteiger partial charge in [-0.2, -0.15) is 13.2 Å². The van der Waals surface area contributed by atoms with E-state index in [4.69, 9.17) is 24.0 Å². The number of imidazole rings is 1. The highest BCUT2D eigenvalue weighted by Gasteiger charge is 2.38. The van der Waals surface area contributed by atoms with Crippen molar-refractivity contribution in [2.45, 2.75) is 56.8 Å². The summed E-state index contributed by atoms with van der Waals surface area (Å²) in [6, 6.07) is 13.7. The number of alkyl halides is 3. The fourth-order valence-electron chi connectivity index (χ4n) is 6.15. The molecule has 6 rings (SSSR count). The number of ether oxygens (including phenoxy) is 1. The summed E-state index contributed by atoms with van der Waals surface area (Å²) in [6.07, 6.45) is 4.38. The largest absolute Gasteiger partial charge is 0.508 e. The van der Waals surface area contributed by atoms with Crippen LogP contribution in [0.3, 0.4) is 0 Å². The molecule has 4 N–H and O–H groups in total. The Morgan fingerprint density at radius 2 is 1.70 bits per heavy atom. The number of benzene rings is 2. The number of aromatic nitrogens is 2. The average molecular weight is 700 g/mol. The van der Waals surface area contributed by atoms with Gasteiger partial charge in [-0.05, 0) is 54.8 Å². The molecule has 15 heteroatoms. The number of furan rings is 1. The highest BCUT2D eigenvalue weighted by molar-refractivity contribution is 6.00. The third-order valence-corrected chi connectivity index (χ3v) is 8.74. The highest BCUT2D eigenvalue weighted by Crippen LogP contribution is 2.36. The Morgan fingerprint density at radius 1 is 1.00 bits per heavy atom. The molecule has 1 atom stereocenters. The maximum atomic E-state index is 13.6. The molecule has 50 heavy (non-hydrogen) atoms. The summed E-state index contributed by atoms with van der Waals surface area (Å²) in [5, 5.41) is 22.8. The smallest absolute Gasteiger partial charge is 0.490 e. The summed E-state index contributed by atoms with van der Waals surface area (Å²) >= 11 is 0.